The van der Waals surface area contributed by atoms with Crippen LogP contribution < -0.4 is 4.89 Å². The summed E-state index contributed by atoms with van der Waals surface area (Å²) in [5.41, 5.74) is 0.760. The van der Waals surface area contributed by atoms with E-state index >= 15 is 0 Å². The molecule has 104 valence electrons. The van der Waals surface area contributed by atoms with Crippen molar-refractivity contribution in [2.24, 2.45) is 0 Å². The molecule has 1 aliphatic rings. The highest BCUT2D eigenvalue weighted by molar-refractivity contribution is 7.92. The quantitative estimate of drug-likeness (QED) is 0.850. The second-order valence-corrected chi connectivity index (χ2v) is 6.47. The Hall–Kier alpha value is -0.880. The number of halogens is 1. The first-order valence-corrected chi connectivity index (χ1v) is 8.09. The van der Waals surface area contributed by atoms with Gasteiger partial charge in [0.05, 0.1) is 6.10 Å². The monoisotopic (exact) mass is 301 g/mol. The minimum absolute atomic E-state index is 0.00120. The molecular formula is C13H16ClNO3S. The van der Waals surface area contributed by atoms with Crippen molar-refractivity contribution < 1.29 is 13.3 Å². The van der Waals surface area contributed by atoms with E-state index in [9.17, 15) is 8.42 Å². The van der Waals surface area contributed by atoms with Crippen LogP contribution in [0, 0.1) is 0 Å². The minimum atomic E-state index is -3.56. The molecule has 1 aromatic carbocycles. The number of hydrogen-bond donors (Lipinski definition) is 1. The van der Waals surface area contributed by atoms with Crippen molar-refractivity contribution in [3.63, 3.8) is 0 Å². The van der Waals surface area contributed by atoms with Gasteiger partial charge in [-0.25, -0.2) is 8.42 Å². The molecule has 0 amide bonds. The summed E-state index contributed by atoms with van der Waals surface area (Å²) in [6.07, 6.45) is 5.49. The van der Waals surface area contributed by atoms with E-state index < -0.39 is 10.0 Å². The van der Waals surface area contributed by atoms with Crippen molar-refractivity contribution in [2.75, 3.05) is 0 Å². The van der Waals surface area contributed by atoms with Crippen LogP contribution in [0.15, 0.2) is 29.7 Å². The fourth-order valence-corrected chi connectivity index (χ4v) is 2.70. The lowest BCUT2D eigenvalue weighted by Crippen LogP contribution is -2.26. The maximum atomic E-state index is 11.7. The predicted octanol–water partition coefficient (Wildman–Crippen LogP) is 3.10. The van der Waals surface area contributed by atoms with Gasteiger partial charge in [-0.2, -0.15) is 0 Å². The van der Waals surface area contributed by atoms with Gasteiger partial charge in [-0.1, -0.05) is 41.5 Å². The average Bonchev–Trinajstić information content (AvgIpc) is 2.89. The number of rotatable bonds is 5. The molecule has 4 nitrogen and oxygen atoms in total. The lowest BCUT2D eigenvalue weighted by molar-refractivity contribution is 0.0230. The normalized spacial score (nSPS) is 17.3. The second kappa shape index (κ2) is 6.52. The smallest absolute Gasteiger partial charge is 0.255 e. The van der Waals surface area contributed by atoms with Gasteiger partial charge in [0.15, 0.2) is 0 Å². The zero-order valence-corrected chi connectivity index (χ0v) is 12.0. The fourth-order valence-electron chi connectivity index (χ4n) is 1.91. The number of sulfonamides is 1. The Labute approximate surface area is 118 Å². The Bertz CT molecular complexity index is 534. The van der Waals surface area contributed by atoms with Gasteiger partial charge in [0.25, 0.3) is 10.0 Å². The topological polar surface area (TPSA) is 55.4 Å². The van der Waals surface area contributed by atoms with Gasteiger partial charge in [-0.05, 0) is 36.6 Å². The van der Waals surface area contributed by atoms with Crippen LogP contribution in [0.4, 0.5) is 0 Å². The zero-order valence-electron chi connectivity index (χ0n) is 10.4. The van der Waals surface area contributed by atoms with Gasteiger partial charge in [0.2, 0.25) is 0 Å². The molecule has 19 heavy (non-hydrogen) atoms. The van der Waals surface area contributed by atoms with Crippen molar-refractivity contribution in [3.05, 3.63) is 40.3 Å². The molecule has 0 bridgehead atoms. The highest BCUT2D eigenvalue weighted by Crippen LogP contribution is 2.20. The molecule has 1 aliphatic carbocycles. The summed E-state index contributed by atoms with van der Waals surface area (Å²) in [4.78, 5) is 7.31. The van der Waals surface area contributed by atoms with Gasteiger partial charge in [0, 0.05) is 10.4 Å². The third-order valence-electron chi connectivity index (χ3n) is 2.94. The second-order valence-electron chi connectivity index (χ2n) is 4.51. The predicted molar refractivity (Wildman–Crippen MR) is 75.9 cm³/mol. The molecule has 0 heterocycles. The first kappa shape index (κ1) is 14.5. The Morgan fingerprint density at radius 1 is 1.21 bits per heavy atom. The van der Waals surface area contributed by atoms with Crippen LogP contribution in [0.25, 0.3) is 6.08 Å². The SMILES string of the molecule is O=S(=O)(/C=C/c1ccc(Cl)cc1)NOC1CCCC1. The standard InChI is InChI=1S/C13H16ClNO3S/c14-12-7-5-11(6-8-12)9-10-19(16,17)15-18-13-3-1-2-4-13/h5-10,13,15H,1-4H2/b10-9+. The van der Waals surface area contributed by atoms with Crippen LogP contribution >= 0.6 is 11.6 Å². The molecule has 0 aromatic heterocycles. The van der Waals surface area contributed by atoms with E-state index in [0.29, 0.717) is 5.02 Å². The molecule has 1 aromatic rings. The molecule has 0 saturated heterocycles. The molecule has 1 N–H and O–H groups in total. The van der Waals surface area contributed by atoms with Crippen LogP contribution in [-0.4, -0.2) is 14.5 Å². The van der Waals surface area contributed by atoms with Gasteiger partial charge >= 0.3 is 0 Å². The maximum absolute atomic E-state index is 11.7. The fraction of sp³-hybridized carbons (Fsp3) is 0.385. The lowest BCUT2D eigenvalue weighted by atomic mass is 10.2. The van der Waals surface area contributed by atoms with Crippen LogP contribution in [-0.2, 0) is 14.9 Å². The van der Waals surface area contributed by atoms with Crippen molar-refractivity contribution in [1.82, 2.24) is 4.89 Å². The minimum Gasteiger partial charge on any atom is -0.284 e. The molecule has 6 heteroatoms. The number of nitrogens with one attached hydrogen (secondary N) is 1. The third-order valence-corrected chi connectivity index (χ3v) is 4.02. The van der Waals surface area contributed by atoms with E-state index in [4.69, 9.17) is 16.4 Å². The van der Waals surface area contributed by atoms with Crippen molar-refractivity contribution in [3.8, 4) is 0 Å². The zero-order chi connectivity index (χ0) is 13.7. The average molecular weight is 302 g/mol. The molecule has 0 radical (unpaired) electrons. The third kappa shape index (κ3) is 4.95. The lowest BCUT2D eigenvalue weighted by Gasteiger charge is -2.09. The Morgan fingerprint density at radius 2 is 1.84 bits per heavy atom. The van der Waals surface area contributed by atoms with Gasteiger partial charge < -0.3 is 0 Å². The van der Waals surface area contributed by atoms with Crippen molar-refractivity contribution >= 4 is 27.7 Å². The van der Waals surface area contributed by atoms with Crippen LogP contribution in [0.3, 0.4) is 0 Å². The summed E-state index contributed by atoms with van der Waals surface area (Å²) in [5, 5.41) is 1.70. The largest absolute Gasteiger partial charge is 0.284 e. The summed E-state index contributed by atoms with van der Waals surface area (Å²) in [5.74, 6) is 0. The molecule has 1 fully saturated rings. The molecule has 0 atom stereocenters. The van der Waals surface area contributed by atoms with Crippen molar-refractivity contribution in [1.29, 1.82) is 0 Å². The molecular weight excluding hydrogens is 286 g/mol. The van der Waals surface area contributed by atoms with Crippen LogP contribution in [0.5, 0.6) is 0 Å². The molecule has 0 unspecified atom stereocenters. The molecule has 0 spiro atoms. The Kier molecular flexibility index (Phi) is 4.99. The van der Waals surface area contributed by atoms with E-state index in [1.54, 1.807) is 24.3 Å². The van der Waals surface area contributed by atoms with E-state index in [1.807, 2.05) is 0 Å². The highest BCUT2D eigenvalue weighted by atomic mass is 35.5. The van der Waals surface area contributed by atoms with E-state index in [0.717, 1.165) is 36.7 Å². The Balaban J connectivity index is 1.90. The van der Waals surface area contributed by atoms with Gasteiger partial charge in [-0.3, -0.25) is 4.84 Å². The summed E-state index contributed by atoms with van der Waals surface area (Å²) < 4.78 is 23.4. The van der Waals surface area contributed by atoms with Crippen LogP contribution in [0.1, 0.15) is 31.2 Å². The Morgan fingerprint density at radius 3 is 2.47 bits per heavy atom. The van der Waals surface area contributed by atoms with E-state index in [2.05, 4.69) is 4.89 Å². The van der Waals surface area contributed by atoms with Crippen LogP contribution in [0.2, 0.25) is 5.02 Å². The van der Waals surface area contributed by atoms with Crippen molar-refractivity contribution in [2.45, 2.75) is 31.8 Å². The molecule has 0 aliphatic heterocycles. The van der Waals surface area contributed by atoms with Gasteiger partial charge in [-0.15, -0.1) is 0 Å². The number of benzene rings is 1. The summed E-state index contributed by atoms with van der Waals surface area (Å²) in [7, 11) is -3.56. The first-order chi connectivity index (χ1) is 9.05. The van der Waals surface area contributed by atoms with E-state index in [1.165, 1.54) is 6.08 Å². The summed E-state index contributed by atoms with van der Waals surface area (Å²) in [6.45, 7) is 0. The summed E-state index contributed by atoms with van der Waals surface area (Å²) >= 11 is 5.75. The first-order valence-electron chi connectivity index (χ1n) is 6.16. The summed E-state index contributed by atoms with van der Waals surface area (Å²) in [6, 6.07) is 6.89. The number of hydrogen-bond acceptors (Lipinski definition) is 3. The van der Waals surface area contributed by atoms with E-state index in [-0.39, 0.29) is 6.10 Å². The highest BCUT2D eigenvalue weighted by Gasteiger charge is 2.17. The molecule has 1 saturated carbocycles. The maximum Gasteiger partial charge on any atom is 0.255 e. The van der Waals surface area contributed by atoms with Gasteiger partial charge in [0.1, 0.15) is 0 Å². The molecule has 2 rings (SSSR count).